The molecule has 1 fully saturated rings. The molecule has 100 valence electrons. The van der Waals surface area contributed by atoms with Crippen molar-refractivity contribution in [1.29, 1.82) is 0 Å². The fourth-order valence-corrected chi connectivity index (χ4v) is 4.80. The highest BCUT2D eigenvalue weighted by Gasteiger charge is 2.30. The highest BCUT2D eigenvalue weighted by atomic mass is 79.9. The molecular formula is C12H15BrFNO2S. The summed E-state index contributed by atoms with van der Waals surface area (Å²) in [6.07, 6.45) is 1.93. The van der Waals surface area contributed by atoms with Crippen LogP contribution in [-0.2, 0) is 10.0 Å². The average Bonchev–Trinajstić information content (AvgIpc) is 2.28. The molecule has 6 heteroatoms. The first-order valence-electron chi connectivity index (χ1n) is 5.86. The standard InChI is InChI=1S/C12H15BrFNO2S/c1-9-3-2-6-15(8-9)18(16,17)12-5-4-10(14)7-11(12)13/h4-5,7,9H,2-3,6,8H2,1H3. The second kappa shape index (κ2) is 5.27. The Morgan fingerprint density at radius 1 is 1.44 bits per heavy atom. The van der Waals surface area contributed by atoms with Crippen LogP contribution in [-0.4, -0.2) is 25.8 Å². The first-order valence-corrected chi connectivity index (χ1v) is 8.10. The van der Waals surface area contributed by atoms with Gasteiger partial charge >= 0.3 is 0 Å². The molecule has 0 aliphatic carbocycles. The molecule has 3 nitrogen and oxygen atoms in total. The van der Waals surface area contributed by atoms with Gasteiger partial charge in [-0.2, -0.15) is 4.31 Å². The van der Waals surface area contributed by atoms with Gasteiger partial charge in [-0.3, -0.25) is 0 Å². The van der Waals surface area contributed by atoms with E-state index in [0.29, 0.717) is 19.0 Å². The van der Waals surface area contributed by atoms with Gasteiger partial charge in [0.05, 0.1) is 4.90 Å². The Morgan fingerprint density at radius 2 is 2.17 bits per heavy atom. The molecule has 1 unspecified atom stereocenters. The summed E-state index contributed by atoms with van der Waals surface area (Å²) in [7, 11) is -3.52. The van der Waals surface area contributed by atoms with E-state index in [9.17, 15) is 12.8 Å². The monoisotopic (exact) mass is 335 g/mol. The van der Waals surface area contributed by atoms with Crippen molar-refractivity contribution in [2.75, 3.05) is 13.1 Å². The normalized spacial score (nSPS) is 22.1. The molecule has 1 saturated heterocycles. The molecule has 1 aliphatic rings. The molecule has 1 aliphatic heterocycles. The van der Waals surface area contributed by atoms with Crippen molar-refractivity contribution in [2.24, 2.45) is 5.92 Å². The molecular weight excluding hydrogens is 321 g/mol. The van der Waals surface area contributed by atoms with Crippen molar-refractivity contribution >= 4 is 26.0 Å². The third-order valence-electron chi connectivity index (χ3n) is 3.13. The van der Waals surface area contributed by atoms with E-state index in [-0.39, 0.29) is 9.37 Å². The minimum Gasteiger partial charge on any atom is -0.207 e. The summed E-state index contributed by atoms with van der Waals surface area (Å²) in [5.74, 6) is -0.0828. The van der Waals surface area contributed by atoms with Crippen LogP contribution in [0.4, 0.5) is 4.39 Å². The highest BCUT2D eigenvalue weighted by Crippen LogP contribution is 2.28. The third-order valence-corrected chi connectivity index (χ3v) is 5.97. The maximum atomic E-state index is 13.0. The van der Waals surface area contributed by atoms with Crippen LogP contribution >= 0.6 is 15.9 Å². The predicted octanol–water partition coefficient (Wildman–Crippen LogP) is 3.01. The fourth-order valence-electron chi connectivity index (χ4n) is 2.19. The van der Waals surface area contributed by atoms with E-state index >= 15 is 0 Å². The smallest absolute Gasteiger partial charge is 0.207 e. The number of hydrogen-bond donors (Lipinski definition) is 0. The second-order valence-electron chi connectivity index (χ2n) is 4.69. The van der Waals surface area contributed by atoms with E-state index in [1.807, 2.05) is 6.92 Å². The van der Waals surface area contributed by atoms with Gasteiger partial charge in [-0.1, -0.05) is 6.92 Å². The number of sulfonamides is 1. The third kappa shape index (κ3) is 2.75. The molecule has 0 bridgehead atoms. The summed E-state index contributed by atoms with van der Waals surface area (Å²) in [5, 5.41) is 0. The molecule has 0 N–H and O–H groups in total. The van der Waals surface area contributed by atoms with Crippen LogP contribution < -0.4 is 0 Å². The Hall–Kier alpha value is -0.460. The largest absolute Gasteiger partial charge is 0.244 e. The molecule has 2 rings (SSSR count). The Balaban J connectivity index is 2.35. The molecule has 0 amide bonds. The zero-order valence-electron chi connectivity index (χ0n) is 10.1. The van der Waals surface area contributed by atoms with Crippen molar-refractivity contribution in [2.45, 2.75) is 24.7 Å². The molecule has 18 heavy (non-hydrogen) atoms. The summed E-state index contributed by atoms with van der Waals surface area (Å²) in [6.45, 7) is 3.12. The maximum absolute atomic E-state index is 13.0. The first-order chi connectivity index (χ1) is 8.41. The lowest BCUT2D eigenvalue weighted by molar-refractivity contribution is 0.281. The zero-order valence-corrected chi connectivity index (χ0v) is 12.5. The second-order valence-corrected chi connectivity index (χ2v) is 7.45. The lowest BCUT2D eigenvalue weighted by Crippen LogP contribution is -2.39. The number of rotatable bonds is 2. The summed E-state index contributed by atoms with van der Waals surface area (Å²) in [6, 6.07) is 3.67. The maximum Gasteiger partial charge on any atom is 0.244 e. The van der Waals surface area contributed by atoms with Crippen molar-refractivity contribution in [3.8, 4) is 0 Å². The number of hydrogen-bond acceptors (Lipinski definition) is 2. The van der Waals surface area contributed by atoms with Crippen LogP contribution in [0.2, 0.25) is 0 Å². The Morgan fingerprint density at radius 3 is 2.78 bits per heavy atom. The predicted molar refractivity (Wildman–Crippen MR) is 71.3 cm³/mol. The summed E-state index contributed by atoms with van der Waals surface area (Å²) < 4.78 is 39.6. The Kier molecular flexibility index (Phi) is 4.08. The van der Waals surface area contributed by atoms with Crippen LogP contribution in [0.15, 0.2) is 27.6 Å². The SMILES string of the molecule is CC1CCCN(S(=O)(=O)c2ccc(F)cc2Br)C1. The van der Waals surface area contributed by atoms with Crippen LogP contribution in [0.5, 0.6) is 0 Å². The van der Waals surface area contributed by atoms with Gasteiger partial charge in [-0.15, -0.1) is 0 Å². The van der Waals surface area contributed by atoms with E-state index in [1.165, 1.54) is 22.5 Å². The van der Waals surface area contributed by atoms with E-state index in [1.54, 1.807) is 0 Å². The van der Waals surface area contributed by atoms with Gasteiger partial charge < -0.3 is 0 Å². The highest BCUT2D eigenvalue weighted by molar-refractivity contribution is 9.10. The van der Waals surface area contributed by atoms with E-state index in [2.05, 4.69) is 15.9 Å². The quantitative estimate of drug-likeness (QED) is 0.833. The summed E-state index contributed by atoms with van der Waals surface area (Å²) in [4.78, 5) is 0.137. The molecule has 1 heterocycles. The van der Waals surface area contributed by atoms with Gasteiger partial charge in [0, 0.05) is 17.6 Å². The van der Waals surface area contributed by atoms with E-state index in [0.717, 1.165) is 12.8 Å². The first kappa shape index (κ1) is 14.0. The minimum absolute atomic E-state index is 0.137. The van der Waals surface area contributed by atoms with Gasteiger partial charge in [-0.25, -0.2) is 12.8 Å². The fraction of sp³-hybridized carbons (Fsp3) is 0.500. The van der Waals surface area contributed by atoms with Crippen molar-refractivity contribution in [1.82, 2.24) is 4.31 Å². The van der Waals surface area contributed by atoms with Crippen molar-refractivity contribution in [3.05, 3.63) is 28.5 Å². The van der Waals surface area contributed by atoms with Gasteiger partial charge in [0.15, 0.2) is 0 Å². The Bertz CT molecular complexity index is 547. The summed E-state index contributed by atoms with van der Waals surface area (Å²) >= 11 is 3.12. The van der Waals surface area contributed by atoms with Crippen molar-refractivity contribution in [3.63, 3.8) is 0 Å². The molecule has 0 saturated carbocycles. The van der Waals surface area contributed by atoms with Gasteiger partial charge in [0.1, 0.15) is 5.82 Å². The number of piperidine rings is 1. The van der Waals surface area contributed by atoms with Gasteiger partial charge in [0.25, 0.3) is 0 Å². The summed E-state index contributed by atoms with van der Waals surface area (Å²) in [5.41, 5.74) is 0. The number of halogens is 2. The van der Waals surface area contributed by atoms with Crippen LogP contribution in [0.1, 0.15) is 19.8 Å². The van der Waals surface area contributed by atoms with E-state index in [4.69, 9.17) is 0 Å². The van der Waals surface area contributed by atoms with Crippen LogP contribution in [0, 0.1) is 11.7 Å². The van der Waals surface area contributed by atoms with Crippen LogP contribution in [0.3, 0.4) is 0 Å². The van der Waals surface area contributed by atoms with E-state index < -0.39 is 15.8 Å². The molecule has 0 spiro atoms. The number of nitrogens with zero attached hydrogens (tertiary/aromatic N) is 1. The molecule has 0 radical (unpaired) electrons. The molecule has 1 atom stereocenters. The molecule has 1 aromatic rings. The molecule has 1 aromatic carbocycles. The lowest BCUT2D eigenvalue weighted by Gasteiger charge is -2.30. The molecule has 0 aromatic heterocycles. The van der Waals surface area contributed by atoms with Crippen molar-refractivity contribution < 1.29 is 12.8 Å². The Labute approximate surface area is 115 Å². The van der Waals surface area contributed by atoms with Gasteiger partial charge in [-0.05, 0) is 52.9 Å². The lowest BCUT2D eigenvalue weighted by atomic mass is 10.0. The zero-order chi connectivity index (χ0) is 13.3. The topological polar surface area (TPSA) is 37.4 Å². The minimum atomic E-state index is -3.52. The van der Waals surface area contributed by atoms with Gasteiger partial charge in [0.2, 0.25) is 10.0 Å². The average molecular weight is 336 g/mol. The number of benzene rings is 1. The van der Waals surface area contributed by atoms with Crippen LogP contribution in [0.25, 0.3) is 0 Å².